The average Bonchev–Trinajstić information content (AvgIpc) is 2.95. The van der Waals surface area contributed by atoms with Crippen molar-refractivity contribution in [2.45, 2.75) is 19.6 Å². The van der Waals surface area contributed by atoms with Gasteiger partial charge in [0.25, 0.3) is 5.91 Å². The number of amides is 1. The van der Waals surface area contributed by atoms with Gasteiger partial charge in [0.15, 0.2) is 6.10 Å². The number of hydrogen-bond acceptors (Lipinski definition) is 3. The lowest BCUT2D eigenvalue weighted by molar-refractivity contribution is -0.127. The van der Waals surface area contributed by atoms with Gasteiger partial charge in [-0.05, 0) is 47.1 Å². The van der Waals surface area contributed by atoms with E-state index in [9.17, 15) is 4.79 Å². The molecule has 0 aliphatic heterocycles. The Morgan fingerprint density at radius 1 is 1.26 bits per heavy atom. The number of benzene rings is 1. The highest BCUT2D eigenvalue weighted by molar-refractivity contribution is 9.10. The number of pyridine rings is 1. The third-order valence-electron chi connectivity index (χ3n) is 3.33. The minimum atomic E-state index is -0.566. The second-order valence-corrected chi connectivity index (χ2v) is 6.05. The fraction of sp³-hybridized carbons (Fsp3) is 0.176. The maximum atomic E-state index is 12.1. The first-order valence-electron chi connectivity index (χ1n) is 7.24. The molecule has 23 heavy (non-hydrogen) atoms. The zero-order chi connectivity index (χ0) is 16.2. The molecule has 6 heteroatoms. The molecule has 0 aliphatic rings. The lowest BCUT2D eigenvalue weighted by Gasteiger charge is -2.14. The van der Waals surface area contributed by atoms with Crippen molar-refractivity contribution in [2.75, 3.05) is 0 Å². The predicted octanol–water partition coefficient (Wildman–Crippen LogP) is 3.18. The summed E-state index contributed by atoms with van der Waals surface area (Å²) < 4.78 is 8.48. The van der Waals surface area contributed by atoms with Crippen molar-refractivity contribution in [3.05, 3.63) is 65.0 Å². The number of halogens is 1. The van der Waals surface area contributed by atoms with Crippen LogP contribution < -0.4 is 10.1 Å². The largest absolute Gasteiger partial charge is 0.481 e. The lowest BCUT2D eigenvalue weighted by atomic mass is 10.3. The summed E-state index contributed by atoms with van der Waals surface area (Å²) in [7, 11) is 0. The Bertz CT molecular complexity index is 817. The van der Waals surface area contributed by atoms with Gasteiger partial charge in [0.05, 0.1) is 12.2 Å². The lowest BCUT2D eigenvalue weighted by Crippen LogP contribution is -2.35. The van der Waals surface area contributed by atoms with Gasteiger partial charge in [-0.2, -0.15) is 0 Å². The van der Waals surface area contributed by atoms with Crippen molar-refractivity contribution in [2.24, 2.45) is 0 Å². The van der Waals surface area contributed by atoms with E-state index in [2.05, 4.69) is 26.2 Å². The second kappa shape index (κ2) is 6.83. The number of rotatable bonds is 5. The first-order chi connectivity index (χ1) is 11.1. The van der Waals surface area contributed by atoms with Gasteiger partial charge in [0, 0.05) is 16.9 Å². The van der Waals surface area contributed by atoms with Crippen molar-refractivity contribution in [1.82, 2.24) is 14.7 Å². The summed E-state index contributed by atoms with van der Waals surface area (Å²) in [6.07, 6.45) is 3.25. The zero-order valence-corrected chi connectivity index (χ0v) is 14.2. The Balaban J connectivity index is 1.59. The van der Waals surface area contributed by atoms with E-state index in [4.69, 9.17) is 4.74 Å². The number of nitrogens with one attached hydrogen (secondary N) is 1. The number of imidazole rings is 1. The average molecular weight is 374 g/mol. The summed E-state index contributed by atoms with van der Waals surface area (Å²) >= 11 is 3.42. The summed E-state index contributed by atoms with van der Waals surface area (Å²) in [4.78, 5) is 16.6. The topological polar surface area (TPSA) is 55.6 Å². The van der Waals surface area contributed by atoms with Gasteiger partial charge in [0.1, 0.15) is 11.4 Å². The maximum absolute atomic E-state index is 12.1. The minimum absolute atomic E-state index is 0.174. The third kappa shape index (κ3) is 3.90. The Morgan fingerprint density at radius 2 is 2.04 bits per heavy atom. The minimum Gasteiger partial charge on any atom is -0.481 e. The monoisotopic (exact) mass is 373 g/mol. The fourth-order valence-corrected chi connectivity index (χ4v) is 2.53. The van der Waals surface area contributed by atoms with Gasteiger partial charge in [-0.25, -0.2) is 4.98 Å². The number of ether oxygens (including phenoxy) is 1. The standard InChI is InChI=1S/C17H16BrN3O2/c1-12(23-15-5-3-2-4-6-15)17(22)19-9-14-11-21-10-13(18)7-8-16(21)20-14/h2-8,10-12H,9H2,1H3,(H,19,22). The number of aromatic nitrogens is 2. The third-order valence-corrected chi connectivity index (χ3v) is 3.80. The molecular weight excluding hydrogens is 358 g/mol. The van der Waals surface area contributed by atoms with Gasteiger partial charge >= 0.3 is 0 Å². The summed E-state index contributed by atoms with van der Waals surface area (Å²) in [5.41, 5.74) is 1.63. The highest BCUT2D eigenvalue weighted by Crippen LogP contribution is 2.13. The number of carbonyl (C=O) groups excluding carboxylic acids is 1. The molecule has 1 unspecified atom stereocenters. The molecule has 0 aliphatic carbocycles. The fourth-order valence-electron chi connectivity index (χ4n) is 2.18. The summed E-state index contributed by atoms with van der Waals surface area (Å²) in [6, 6.07) is 13.1. The highest BCUT2D eigenvalue weighted by Gasteiger charge is 2.14. The second-order valence-electron chi connectivity index (χ2n) is 5.14. The number of para-hydroxylation sites is 1. The van der Waals surface area contributed by atoms with Crippen LogP contribution in [0, 0.1) is 0 Å². The molecule has 0 saturated carbocycles. The molecule has 2 aromatic heterocycles. The molecule has 1 atom stereocenters. The van der Waals surface area contributed by atoms with E-state index in [1.54, 1.807) is 6.92 Å². The van der Waals surface area contributed by atoms with Crippen LogP contribution in [0.2, 0.25) is 0 Å². The number of carbonyl (C=O) groups is 1. The van der Waals surface area contributed by atoms with Gasteiger partial charge in [-0.1, -0.05) is 18.2 Å². The molecule has 0 spiro atoms. The van der Waals surface area contributed by atoms with Crippen molar-refractivity contribution in [3.8, 4) is 5.75 Å². The van der Waals surface area contributed by atoms with Crippen LogP contribution in [0.4, 0.5) is 0 Å². The maximum Gasteiger partial charge on any atom is 0.261 e. The summed E-state index contributed by atoms with van der Waals surface area (Å²) in [6.45, 7) is 2.09. The molecule has 0 bridgehead atoms. The van der Waals surface area contributed by atoms with Gasteiger partial charge < -0.3 is 14.5 Å². The molecule has 1 amide bonds. The Kier molecular flexibility index (Phi) is 4.62. The molecule has 118 valence electrons. The normalized spacial score (nSPS) is 12.1. The number of fused-ring (bicyclic) bond motifs is 1. The van der Waals surface area contributed by atoms with Crippen LogP contribution in [0.5, 0.6) is 5.75 Å². The van der Waals surface area contributed by atoms with E-state index in [-0.39, 0.29) is 5.91 Å². The van der Waals surface area contributed by atoms with Gasteiger partial charge in [-0.3, -0.25) is 4.79 Å². The molecule has 2 heterocycles. The SMILES string of the molecule is CC(Oc1ccccc1)C(=O)NCc1cn2cc(Br)ccc2n1. The molecular formula is C17H16BrN3O2. The molecule has 0 saturated heterocycles. The molecule has 1 N–H and O–H groups in total. The molecule has 1 aromatic carbocycles. The Labute approximate surface area is 142 Å². The van der Waals surface area contributed by atoms with Gasteiger partial charge in [-0.15, -0.1) is 0 Å². The predicted molar refractivity (Wildman–Crippen MR) is 91.3 cm³/mol. The quantitative estimate of drug-likeness (QED) is 0.747. The van der Waals surface area contributed by atoms with Crippen LogP contribution >= 0.6 is 15.9 Å². The van der Waals surface area contributed by atoms with E-state index in [1.165, 1.54) is 0 Å². The van der Waals surface area contributed by atoms with E-state index < -0.39 is 6.10 Å². The van der Waals surface area contributed by atoms with Crippen molar-refractivity contribution >= 4 is 27.5 Å². The highest BCUT2D eigenvalue weighted by atomic mass is 79.9. The number of nitrogens with zero attached hydrogens (tertiary/aromatic N) is 2. The van der Waals surface area contributed by atoms with Crippen LogP contribution in [-0.4, -0.2) is 21.4 Å². The molecule has 0 fully saturated rings. The van der Waals surface area contributed by atoms with Crippen molar-refractivity contribution < 1.29 is 9.53 Å². The Hall–Kier alpha value is -2.34. The molecule has 5 nitrogen and oxygen atoms in total. The summed E-state index contributed by atoms with van der Waals surface area (Å²) in [5, 5.41) is 2.84. The number of hydrogen-bond donors (Lipinski definition) is 1. The van der Waals surface area contributed by atoms with Crippen molar-refractivity contribution in [3.63, 3.8) is 0 Å². The van der Waals surface area contributed by atoms with Crippen LogP contribution in [0.1, 0.15) is 12.6 Å². The van der Waals surface area contributed by atoms with Crippen LogP contribution in [-0.2, 0) is 11.3 Å². The zero-order valence-electron chi connectivity index (χ0n) is 12.6. The molecule has 3 rings (SSSR count). The molecule has 0 radical (unpaired) electrons. The van der Waals surface area contributed by atoms with Gasteiger partial charge in [0.2, 0.25) is 0 Å². The smallest absolute Gasteiger partial charge is 0.261 e. The molecule has 3 aromatic rings. The Morgan fingerprint density at radius 3 is 2.83 bits per heavy atom. The van der Waals surface area contributed by atoms with E-state index in [0.717, 1.165) is 15.8 Å². The first kappa shape index (κ1) is 15.6. The van der Waals surface area contributed by atoms with E-state index >= 15 is 0 Å². The van der Waals surface area contributed by atoms with Crippen LogP contribution in [0.15, 0.2) is 59.3 Å². The van der Waals surface area contributed by atoms with Crippen molar-refractivity contribution in [1.29, 1.82) is 0 Å². The van der Waals surface area contributed by atoms with Crippen LogP contribution in [0.3, 0.4) is 0 Å². The van der Waals surface area contributed by atoms with E-state index in [1.807, 2.05) is 59.3 Å². The van der Waals surface area contributed by atoms with Crippen LogP contribution in [0.25, 0.3) is 5.65 Å². The van der Waals surface area contributed by atoms with E-state index in [0.29, 0.717) is 12.3 Å². The summed E-state index contributed by atoms with van der Waals surface area (Å²) in [5.74, 6) is 0.500. The first-order valence-corrected chi connectivity index (χ1v) is 8.03.